The van der Waals surface area contributed by atoms with Gasteiger partial charge in [-0.1, -0.05) is 26.0 Å². The van der Waals surface area contributed by atoms with Gasteiger partial charge in [-0.15, -0.1) is 0 Å². The Bertz CT molecular complexity index is 1270. The highest BCUT2D eigenvalue weighted by molar-refractivity contribution is 7.89. The number of hydrogen-bond donors (Lipinski definition) is 2. The molecule has 0 spiro atoms. The Morgan fingerprint density at radius 2 is 1.91 bits per heavy atom. The number of anilines is 1. The standard InChI is InChI=1S/C22H29FN6O2S/c1-13(2)12-32(30,31)25-7-8-29-18(26-19-20(24)27-22(23)28-21(19)29)11-17-10-16-6-4-5-15(16)9-14(17)3/h9-10,13,25H,4-8,11-12H2,1-3H3,(H2,24,27,28). The summed E-state index contributed by atoms with van der Waals surface area (Å²) >= 11 is 0. The van der Waals surface area contributed by atoms with Crippen molar-refractivity contribution in [2.45, 2.75) is 53.0 Å². The Balaban J connectivity index is 1.67. The maximum absolute atomic E-state index is 13.9. The first-order valence-corrected chi connectivity index (χ1v) is 12.5. The quantitative estimate of drug-likeness (QED) is 0.499. The van der Waals surface area contributed by atoms with Crippen molar-refractivity contribution in [3.8, 4) is 0 Å². The fraction of sp³-hybridized carbons (Fsp3) is 0.500. The van der Waals surface area contributed by atoms with E-state index in [-0.39, 0.29) is 36.2 Å². The second-order valence-corrected chi connectivity index (χ2v) is 10.7. The molecular weight excluding hydrogens is 431 g/mol. The second kappa shape index (κ2) is 8.74. The lowest BCUT2D eigenvalue weighted by Gasteiger charge is -2.13. The van der Waals surface area contributed by atoms with Crippen LogP contribution < -0.4 is 10.5 Å². The van der Waals surface area contributed by atoms with Crippen LogP contribution in [-0.2, 0) is 35.8 Å². The van der Waals surface area contributed by atoms with E-state index in [1.807, 2.05) is 13.8 Å². The topological polar surface area (TPSA) is 116 Å². The van der Waals surface area contributed by atoms with Crippen LogP contribution in [-0.4, -0.2) is 40.2 Å². The van der Waals surface area contributed by atoms with E-state index in [0.29, 0.717) is 17.8 Å². The number of hydrogen-bond acceptors (Lipinski definition) is 6. The SMILES string of the molecule is Cc1cc2c(cc1Cc1nc3c(N)nc(F)nc3n1CCNS(=O)(=O)CC(C)C)CCC2. The zero-order valence-electron chi connectivity index (χ0n) is 18.7. The zero-order chi connectivity index (χ0) is 23.0. The normalized spacial score (nSPS) is 13.9. The van der Waals surface area contributed by atoms with Crippen LogP contribution in [0.25, 0.3) is 11.2 Å². The molecule has 0 saturated heterocycles. The molecule has 0 amide bonds. The van der Waals surface area contributed by atoms with Crippen LogP contribution in [0.1, 0.15) is 48.3 Å². The third-order valence-corrected chi connectivity index (χ3v) is 7.53. The number of fused-ring (bicyclic) bond motifs is 2. The van der Waals surface area contributed by atoms with E-state index < -0.39 is 16.1 Å². The van der Waals surface area contributed by atoms with Gasteiger partial charge in [0.25, 0.3) is 0 Å². The third kappa shape index (κ3) is 4.75. The van der Waals surface area contributed by atoms with Crippen LogP contribution >= 0.6 is 0 Å². The van der Waals surface area contributed by atoms with Gasteiger partial charge in [-0.05, 0) is 54.4 Å². The van der Waals surface area contributed by atoms with Crippen molar-refractivity contribution in [3.63, 3.8) is 0 Å². The minimum Gasteiger partial charge on any atom is -0.382 e. The summed E-state index contributed by atoms with van der Waals surface area (Å²) in [6.07, 6.45) is 2.92. The number of sulfonamides is 1. The van der Waals surface area contributed by atoms with E-state index in [1.54, 1.807) is 4.57 Å². The van der Waals surface area contributed by atoms with Gasteiger partial charge in [0, 0.05) is 19.5 Å². The first-order valence-electron chi connectivity index (χ1n) is 10.9. The highest BCUT2D eigenvalue weighted by Gasteiger charge is 2.20. The van der Waals surface area contributed by atoms with Gasteiger partial charge in [-0.2, -0.15) is 14.4 Å². The lowest BCUT2D eigenvalue weighted by molar-refractivity contribution is 0.539. The molecule has 10 heteroatoms. The summed E-state index contributed by atoms with van der Waals surface area (Å²) in [5.74, 6) is 0.679. The van der Waals surface area contributed by atoms with Crippen molar-refractivity contribution < 1.29 is 12.8 Å². The molecule has 8 nitrogen and oxygen atoms in total. The molecule has 3 aromatic rings. The van der Waals surface area contributed by atoms with Crippen LogP contribution in [0.3, 0.4) is 0 Å². The maximum atomic E-state index is 13.9. The van der Waals surface area contributed by atoms with E-state index >= 15 is 0 Å². The molecule has 0 bridgehead atoms. The van der Waals surface area contributed by atoms with Crippen LogP contribution in [0.2, 0.25) is 0 Å². The molecule has 2 aromatic heterocycles. The van der Waals surface area contributed by atoms with E-state index in [4.69, 9.17) is 5.73 Å². The third-order valence-electron chi connectivity index (χ3n) is 5.78. The molecule has 1 aliphatic rings. The van der Waals surface area contributed by atoms with Crippen LogP contribution in [0.15, 0.2) is 12.1 Å². The number of aromatic nitrogens is 4. The van der Waals surface area contributed by atoms with Gasteiger partial charge in [0.05, 0.1) is 5.75 Å². The monoisotopic (exact) mass is 460 g/mol. The first kappa shape index (κ1) is 22.6. The van der Waals surface area contributed by atoms with Crippen molar-refractivity contribution in [2.24, 2.45) is 5.92 Å². The molecule has 0 saturated carbocycles. The van der Waals surface area contributed by atoms with Crippen LogP contribution in [0.4, 0.5) is 10.2 Å². The number of benzene rings is 1. The summed E-state index contributed by atoms with van der Waals surface area (Å²) in [6, 6.07) is 4.46. The predicted octanol–water partition coefficient (Wildman–Crippen LogP) is 2.51. The molecule has 0 atom stereocenters. The van der Waals surface area contributed by atoms with Crippen molar-refractivity contribution in [3.05, 3.63) is 46.3 Å². The second-order valence-electron chi connectivity index (χ2n) is 8.88. The molecule has 0 aliphatic heterocycles. The summed E-state index contributed by atoms with van der Waals surface area (Å²) in [4.78, 5) is 12.1. The molecule has 0 unspecified atom stereocenters. The van der Waals surface area contributed by atoms with E-state index in [9.17, 15) is 12.8 Å². The van der Waals surface area contributed by atoms with E-state index in [2.05, 4.69) is 38.7 Å². The molecule has 0 radical (unpaired) electrons. The molecule has 172 valence electrons. The molecular formula is C22H29FN6O2S. The van der Waals surface area contributed by atoms with Crippen molar-refractivity contribution in [1.82, 2.24) is 24.2 Å². The Labute approximate surface area is 187 Å². The van der Waals surface area contributed by atoms with Crippen molar-refractivity contribution in [2.75, 3.05) is 18.0 Å². The fourth-order valence-electron chi connectivity index (χ4n) is 4.38. The number of halogens is 1. The highest BCUT2D eigenvalue weighted by atomic mass is 32.2. The van der Waals surface area contributed by atoms with Gasteiger partial charge in [-0.25, -0.2) is 18.1 Å². The van der Waals surface area contributed by atoms with Crippen molar-refractivity contribution in [1.29, 1.82) is 0 Å². The summed E-state index contributed by atoms with van der Waals surface area (Å²) in [7, 11) is -3.40. The lowest BCUT2D eigenvalue weighted by Crippen LogP contribution is -2.31. The average molecular weight is 461 g/mol. The summed E-state index contributed by atoms with van der Waals surface area (Å²) < 4.78 is 42.7. The number of nitrogens with one attached hydrogen (secondary N) is 1. The smallest absolute Gasteiger partial charge is 0.312 e. The number of rotatable bonds is 8. The summed E-state index contributed by atoms with van der Waals surface area (Å²) in [5.41, 5.74) is 11.6. The van der Waals surface area contributed by atoms with Crippen LogP contribution in [0, 0.1) is 18.9 Å². The van der Waals surface area contributed by atoms with Crippen LogP contribution in [0.5, 0.6) is 0 Å². The Morgan fingerprint density at radius 3 is 2.62 bits per heavy atom. The molecule has 0 fully saturated rings. The number of aryl methyl sites for hydroxylation is 3. The minimum atomic E-state index is -3.40. The summed E-state index contributed by atoms with van der Waals surface area (Å²) in [6.45, 7) is 6.17. The van der Waals surface area contributed by atoms with E-state index in [1.165, 1.54) is 23.1 Å². The van der Waals surface area contributed by atoms with Gasteiger partial charge in [0.1, 0.15) is 5.82 Å². The largest absolute Gasteiger partial charge is 0.382 e. The minimum absolute atomic E-state index is 0.0153. The van der Waals surface area contributed by atoms with Gasteiger partial charge in [0.2, 0.25) is 10.0 Å². The predicted molar refractivity (Wildman–Crippen MR) is 122 cm³/mol. The number of nitrogens with zero attached hydrogens (tertiary/aromatic N) is 4. The number of nitrogen functional groups attached to an aromatic ring is 1. The Kier molecular flexibility index (Phi) is 6.17. The molecule has 3 N–H and O–H groups in total. The fourth-order valence-corrected chi connectivity index (χ4v) is 5.78. The molecule has 1 aliphatic carbocycles. The molecule has 32 heavy (non-hydrogen) atoms. The van der Waals surface area contributed by atoms with Crippen molar-refractivity contribution >= 4 is 27.0 Å². The highest BCUT2D eigenvalue weighted by Crippen LogP contribution is 2.28. The number of imidazole rings is 1. The number of nitrogens with two attached hydrogens (primary N) is 1. The first-order chi connectivity index (χ1) is 15.1. The average Bonchev–Trinajstić information content (AvgIpc) is 3.26. The Morgan fingerprint density at radius 1 is 1.19 bits per heavy atom. The van der Waals surface area contributed by atoms with Gasteiger partial charge in [-0.3, -0.25) is 0 Å². The van der Waals surface area contributed by atoms with E-state index in [0.717, 1.165) is 18.4 Å². The lowest BCUT2D eigenvalue weighted by atomic mass is 9.98. The molecule has 4 rings (SSSR count). The Hall–Kier alpha value is -2.59. The summed E-state index contributed by atoms with van der Waals surface area (Å²) in [5, 5.41) is 0. The van der Waals surface area contributed by atoms with Gasteiger partial charge in [0.15, 0.2) is 17.0 Å². The molecule has 1 aromatic carbocycles. The maximum Gasteiger partial charge on any atom is 0.312 e. The molecule has 2 heterocycles. The van der Waals surface area contributed by atoms with Gasteiger partial charge < -0.3 is 10.3 Å². The van der Waals surface area contributed by atoms with Gasteiger partial charge >= 0.3 is 6.08 Å². The zero-order valence-corrected chi connectivity index (χ0v) is 19.5.